The lowest BCUT2D eigenvalue weighted by Crippen LogP contribution is -2.47. The maximum atomic E-state index is 3.63. The molecule has 2 fully saturated rings. The van der Waals surface area contributed by atoms with Crippen LogP contribution in [0.4, 0.5) is 0 Å². The third-order valence-corrected chi connectivity index (χ3v) is 5.66. The summed E-state index contributed by atoms with van der Waals surface area (Å²) < 4.78 is 0. The molecule has 0 bridgehead atoms. The summed E-state index contributed by atoms with van der Waals surface area (Å²) in [6, 6.07) is 0. The molecule has 0 aromatic heterocycles. The lowest BCUT2D eigenvalue weighted by atomic mass is 9.58. The lowest BCUT2D eigenvalue weighted by molar-refractivity contribution is 0.0271. The summed E-state index contributed by atoms with van der Waals surface area (Å²) in [6.45, 7) is 9.73. The molecule has 1 saturated carbocycles. The predicted octanol–water partition coefficient (Wildman–Crippen LogP) is 4.23. The molecule has 100 valence electrons. The van der Waals surface area contributed by atoms with E-state index >= 15 is 0 Å². The number of nitrogens with one attached hydrogen (secondary N) is 1. The van der Waals surface area contributed by atoms with Gasteiger partial charge in [-0.15, -0.1) is 0 Å². The smallest absolute Gasteiger partial charge is 0.00152 e. The molecule has 1 heterocycles. The molecular weight excluding hydrogens is 206 g/mol. The highest BCUT2D eigenvalue weighted by molar-refractivity contribution is 4.95. The van der Waals surface area contributed by atoms with Gasteiger partial charge in [-0.3, -0.25) is 0 Å². The number of piperidine rings is 1. The zero-order valence-corrected chi connectivity index (χ0v) is 12.1. The normalized spacial score (nSPS) is 38.8. The highest BCUT2D eigenvalue weighted by atomic mass is 14.9. The summed E-state index contributed by atoms with van der Waals surface area (Å²) in [5.41, 5.74) is 0.729. The third-order valence-electron chi connectivity index (χ3n) is 5.66. The van der Waals surface area contributed by atoms with Crippen LogP contribution in [0.15, 0.2) is 0 Å². The van der Waals surface area contributed by atoms with Crippen molar-refractivity contribution in [2.45, 2.75) is 65.7 Å². The average Bonchev–Trinajstić information content (AvgIpc) is 2.33. The molecule has 0 aromatic rings. The summed E-state index contributed by atoms with van der Waals surface area (Å²) in [5.74, 6) is 2.88. The first-order valence-electron chi connectivity index (χ1n) is 7.88. The summed E-state index contributed by atoms with van der Waals surface area (Å²) in [7, 11) is 0. The standard InChI is InChI=1S/C16H31N/c1-4-5-15-12-17-11-10-16(15)8-6-14(7-9-16)13(2)3/h13-15,17H,4-12H2,1-3H3. The van der Waals surface area contributed by atoms with E-state index in [-0.39, 0.29) is 0 Å². The van der Waals surface area contributed by atoms with Gasteiger partial charge in [0.05, 0.1) is 0 Å². The first-order chi connectivity index (χ1) is 8.18. The van der Waals surface area contributed by atoms with Gasteiger partial charge in [-0.1, -0.05) is 27.2 Å². The van der Waals surface area contributed by atoms with Crippen LogP contribution in [-0.2, 0) is 0 Å². The molecule has 1 spiro atoms. The van der Waals surface area contributed by atoms with Crippen LogP contribution >= 0.6 is 0 Å². The van der Waals surface area contributed by atoms with Crippen molar-refractivity contribution in [3.8, 4) is 0 Å². The zero-order valence-electron chi connectivity index (χ0n) is 12.1. The quantitative estimate of drug-likeness (QED) is 0.774. The first kappa shape index (κ1) is 13.4. The van der Waals surface area contributed by atoms with E-state index in [0.29, 0.717) is 0 Å². The van der Waals surface area contributed by atoms with Gasteiger partial charge in [-0.05, 0) is 74.8 Å². The van der Waals surface area contributed by atoms with E-state index in [0.717, 1.165) is 23.2 Å². The minimum atomic E-state index is 0.729. The van der Waals surface area contributed by atoms with Crippen LogP contribution in [0.25, 0.3) is 0 Å². The second-order valence-corrected chi connectivity index (χ2v) is 6.88. The Balaban J connectivity index is 1.98. The van der Waals surface area contributed by atoms with Gasteiger partial charge >= 0.3 is 0 Å². The van der Waals surface area contributed by atoms with Crippen molar-refractivity contribution >= 4 is 0 Å². The largest absolute Gasteiger partial charge is 0.316 e. The van der Waals surface area contributed by atoms with Crippen LogP contribution in [0.1, 0.15) is 65.7 Å². The van der Waals surface area contributed by atoms with Crippen molar-refractivity contribution in [3.05, 3.63) is 0 Å². The Morgan fingerprint density at radius 1 is 1.18 bits per heavy atom. The summed E-state index contributed by atoms with van der Waals surface area (Å²) in [6.07, 6.45) is 10.3. The molecule has 17 heavy (non-hydrogen) atoms. The molecule has 0 radical (unpaired) electrons. The zero-order chi connectivity index (χ0) is 12.3. The Bertz CT molecular complexity index is 224. The number of hydrogen-bond donors (Lipinski definition) is 1. The van der Waals surface area contributed by atoms with Gasteiger partial charge in [-0.2, -0.15) is 0 Å². The fraction of sp³-hybridized carbons (Fsp3) is 1.00. The van der Waals surface area contributed by atoms with E-state index in [9.17, 15) is 0 Å². The van der Waals surface area contributed by atoms with Gasteiger partial charge in [0.15, 0.2) is 0 Å². The maximum Gasteiger partial charge on any atom is -0.00152 e. The molecule has 2 rings (SSSR count). The lowest BCUT2D eigenvalue weighted by Gasteiger charge is -2.49. The molecule has 1 aliphatic carbocycles. The number of hydrogen-bond acceptors (Lipinski definition) is 1. The molecule has 1 N–H and O–H groups in total. The van der Waals surface area contributed by atoms with Crippen LogP contribution in [0.5, 0.6) is 0 Å². The van der Waals surface area contributed by atoms with Crippen molar-refractivity contribution in [3.63, 3.8) is 0 Å². The molecule has 0 aromatic carbocycles. The topological polar surface area (TPSA) is 12.0 Å². The number of rotatable bonds is 3. The van der Waals surface area contributed by atoms with Crippen LogP contribution in [-0.4, -0.2) is 13.1 Å². The Morgan fingerprint density at radius 2 is 1.88 bits per heavy atom. The monoisotopic (exact) mass is 237 g/mol. The molecule has 0 amide bonds. The highest BCUT2D eigenvalue weighted by Gasteiger charge is 2.42. The molecule has 1 nitrogen and oxygen atoms in total. The van der Waals surface area contributed by atoms with E-state index in [1.807, 2.05) is 0 Å². The Labute approximate surface area is 108 Å². The van der Waals surface area contributed by atoms with Gasteiger partial charge in [0.2, 0.25) is 0 Å². The van der Waals surface area contributed by atoms with Gasteiger partial charge in [0.25, 0.3) is 0 Å². The molecule has 1 unspecified atom stereocenters. The van der Waals surface area contributed by atoms with E-state index in [4.69, 9.17) is 0 Å². The van der Waals surface area contributed by atoms with Gasteiger partial charge in [0, 0.05) is 0 Å². The van der Waals surface area contributed by atoms with Crippen LogP contribution in [0.2, 0.25) is 0 Å². The SMILES string of the molecule is CCCC1CNCCC12CCC(C(C)C)CC2. The van der Waals surface area contributed by atoms with Gasteiger partial charge < -0.3 is 5.32 Å². The summed E-state index contributed by atoms with van der Waals surface area (Å²) in [5, 5.41) is 3.63. The van der Waals surface area contributed by atoms with E-state index in [2.05, 4.69) is 26.1 Å². The van der Waals surface area contributed by atoms with Crippen LogP contribution in [0.3, 0.4) is 0 Å². The van der Waals surface area contributed by atoms with Crippen molar-refractivity contribution in [2.24, 2.45) is 23.2 Å². The van der Waals surface area contributed by atoms with Crippen molar-refractivity contribution < 1.29 is 0 Å². The first-order valence-corrected chi connectivity index (χ1v) is 7.88. The highest BCUT2D eigenvalue weighted by Crippen LogP contribution is 2.50. The minimum absolute atomic E-state index is 0.729. The van der Waals surface area contributed by atoms with E-state index in [1.54, 1.807) is 0 Å². The molecule has 1 heteroatoms. The Kier molecular flexibility index (Phi) is 4.52. The fourth-order valence-corrected chi connectivity index (χ4v) is 4.33. The van der Waals surface area contributed by atoms with E-state index < -0.39 is 0 Å². The third kappa shape index (κ3) is 2.86. The van der Waals surface area contributed by atoms with Crippen LogP contribution in [0, 0.1) is 23.2 Å². The predicted molar refractivity (Wildman–Crippen MR) is 75.1 cm³/mol. The Hall–Kier alpha value is -0.0400. The Morgan fingerprint density at radius 3 is 2.47 bits per heavy atom. The van der Waals surface area contributed by atoms with Crippen molar-refractivity contribution in [1.82, 2.24) is 5.32 Å². The summed E-state index contributed by atoms with van der Waals surface area (Å²) in [4.78, 5) is 0. The van der Waals surface area contributed by atoms with Crippen molar-refractivity contribution in [1.29, 1.82) is 0 Å². The minimum Gasteiger partial charge on any atom is -0.316 e. The van der Waals surface area contributed by atoms with Gasteiger partial charge in [-0.25, -0.2) is 0 Å². The fourth-order valence-electron chi connectivity index (χ4n) is 4.33. The summed E-state index contributed by atoms with van der Waals surface area (Å²) >= 11 is 0. The average molecular weight is 237 g/mol. The van der Waals surface area contributed by atoms with Crippen LogP contribution < -0.4 is 5.32 Å². The van der Waals surface area contributed by atoms with E-state index in [1.165, 1.54) is 58.0 Å². The molecule has 1 atom stereocenters. The maximum absolute atomic E-state index is 3.63. The second-order valence-electron chi connectivity index (χ2n) is 6.88. The molecule has 1 aliphatic heterocycles. The molecule has 1 saturated heterocycles. The van der Waals surface area contributed by atoms with Gasteiger partial charge in [0.1, 0.15) is 0 Å². The molecule has 2 aliphatic rings. The molecular formula is C16H31N. The van der Waals surface area contributed by atoms with Crippen molar-refractivity contribution in [2.75, 3.05) is 13.1 Å². The second kappa shape index (κ2) is 5.73.